The number of fused-ring (bicyclic) bond motifs is 1. The Hall–Kier alpha value is -4.44. The van der Waals surface area contributed by atoms with Crippen LogP contribution in [0.1, 0.15) is 52.4 Å². The van der Waals surface area contributed by atoms with Crippen LogP contribution < -0.4 is 17.2 Å². The number of para-hydroxylation sites is 1. The summed E-state index contributed by atoms with van der Waals surface area (Å²) in [7, 11) is 0. The number of carbonyl (C=O) groups is 3. The number of pyridine rings is 1. The predicted octanol–water partition coefficient (Wildman–Crippen LogP) is 4.25. The Bertz CT molecular complexity index is 1490. The molecule has 4 rings (SSSR count). The van der Waals surface area contributed by atoms with Gasteiger partial charge in [0.05, 0.1) is 11.1 Å². The third kappa shape index (κ3) is 11.5. The van der Waals surface area contributed by atoms with Gasteiger partial charge in [-0.1, -0.05) is 77.9 Å². The van der Waals surface area contributed by atoms with E-state index in [4.69, 9.17) is 21.9 Å². The SMILES string of the molecule is Cc1ccc(CCN(CCc2ccc(C)cc2)[C@@H](C)C(=O)OC(=O)[C@H](N)CCCN)cc1.NC(=O)c1cnc2ccccc2c1. The molecule has 0 aliphatic rings. The monoisotopic (exact) mass is 611 g/mol. The van der Waals surface area contributed by atoms with Crippen LogP contribution in [0.4, 0.5) is 0 Å². The average molecular weight is 612 g/mol. The maximum Gasteiger partial charge on any atom is 0.330 e. The van der Waals surface area contributed by atoms with Crippen molar-refractivity contribution in [1.29, 1.82) is 0 Å². The molecule has 0 saturated heterocycles. The molecular formula is C36H45N5O4. The van der Waals surface area contributed by atoms with E-state index in [9.17, 15) is 14.4 Å². The van der Waals surface area contributed by atoms with Crippen LogP contribution in [0.15, 0.2) is 85.1 Å². The van der Waals surface area contributed by atoms with Gasteiger partial charge < -0.3 is 21.9 Å². The molecule has 0 saturated carbocycles. The van der Waals surface area contributed by atoms with Crippen molar-refractivity contribution >= 4 is 28.7 Å². The normalized spacial score (nSPS) is 12.2. The maximum atomic E-state index is 12.7. The molecule has 4 aromatic rings. The summed E-state index contributed by atoms with van der Waals surface area (Å²) in [6.07, 6.45) is 4.11. The zero-order chi connectivity index (χ0) is 32.8. The van der Waals surface area contributed by atoms with Crippen molar-refractivity contribution in [1.82, 2.24) is 9.88 Å². The number of primary amides is 1. The molecule has 9 nitrogen and oxygen atoms in total. The van der Waals surface area contributed by atoms with Crippen LogP contribution in [0.5, 0.6) is 0 Å². The Kier molecular flexibility index (Phi) is 13.8. The number of amides is 1. The number of carbonyl (C=O) groups excluding carboxylic acids is 3. The fourth-order valence-corrected chi connectivity index (χ4v) is 4.62. The minimum Gasteiger partial charge on any atom is -0.391 e. The van der Waals surface area contributed by atoms with Gasteiger partial charge in [0.25, 0.3) is 0 Å². The topological polar surface area (TPSA) is 155 Å². The highest BCUT2D eigenvalue weighted by Gasteiger charge is 2.27. The molecule has 0 fully saturated rings. The van der Waals surface area contributed by atoms with E-state index in [1.165, 1.54) is 28.5 Å². The molecule has 1 amide bonds. The van der Waals surface area contributed by atoms with Crippen molar-refractivity contribution < 1.29 is 19.1 Å². The number of hydrogen-bond donors (Lipinski definition) is 3. The molecule has 0 aliphatic carbocycles. The van der Waals surface area contributed by atoms with Gasteiger partial charge in [-0.25, -0.2) is 9.59 Å². The summed E-state index contributed by atoms with van der Waals surface area (Å²) in [6.45, 7) is 7.70. The summed E-state index contributed by atoms with van der Waals surface area (Å²) in [4.78, 5) is 41.9. The first kappa shape index (κ1) is 35.0. The number of ether oxygens (including phenoxy) is 1. The molecule has 1 aromatic heterocycles. The van der Waals surface area contributed by atoms with Crippen molar-refractivity contribution in [3.05, 3.63) is 113 Å². The van der Waals surface area contributed by atoms with Crippen LogP contribution >= 0.6 is 0 Å². The average Bonchev–Trinajstić information content (AvgIpc) is 3.04. The largest absolute Gasteiger partial charge is 0.391 e. The van der Waals surface area contributed by atoms with Crippen LogP contribution in [0, 0.1) is 13.8 Å². The van der Waals surface area contributed by atoms with Crippen LogP contribution in [-0.2, 0) is 27.2 Å². The van der Waals surface area contributed by atoms with Gasteiger partial charge in [-0.2, -0.15) is 0 Å². The lowest BCUT2D eigenvalue weighted by Crippen LogP contribution is -2.45. The number of benzene rings is 3. The van der Waals surface area contributed by atoms with E-state index >= 15 is 0 Å². The van der Waals surface area contributed by atoms with Gasteiger partial charge in [0.1, 0.15) is 12.1 Å². The molecule has 238 valence electrons. The highest BCUT2D eigenvalue weighted by atomic mass is 16.6. The highest BCUT2D eigenvalue weighted by Crippen LogP contribution is 2.13. The minimum absolute atomic E-state index is 0.404. The Morgan fingerprint density at radius 2 is 1.40 bits per heavy atom. The van der Waals surface area contributed by atoms with E-state index in [1.807, 2.05) is 24.3 Å². The van der Waals surface area contributed by atoms with Crippen LogP contribution in [0.2, 0.25) is 0 Å². The summed E-state index contributed by atoms with van der Waals surface area (Å²) >= 11 is 0. The van der Waals surface area contributed by atoms with Gasteiger partial charge in [-0.15, -0.1) is 0 Å². The number of nitrogens with zero attached hydrogens (tertiary/aromatic N) is 2. The Labute approximate surface area is 265 Å². The molecule has 1 heterocycles. The minimum atomic E-state index is -0.830. The van der Waals surface area contributed by atoms with Gasteiger partial charge in [0, 0.05) is 24.7 Å². The number of nitrogens with two attached hydrogens (primary N) is 3. The van der Waals surface area contributed by atoms with Crippen molar-refractivity contribution in [3.63, 3.8) is 0 Å². The lowest BCUT2D eigenvalue weighted by molar-refractivity contribution is -0.164. The molecule has 45 heavy (non-hydrogen) atoms. The van der Waals surface area contributed by atoms with Crippen LogP contribution in [0.3, 0.4) is 0 Å². The molecule has 0 spiro atoms. The highest BCUT2D eigenvalue weighted by molar-refractivity contribution is 5.96. The number of aryl methyl sites for hydroxylation is 2. The first-order valence-corrected chi connectivity index (χ1v) is 15.3. The smallest absolute Gasteiger partial charge is 0.330 e. The van der Waals surface area contributed by atoms with Gasteiger partial charge >= 0.3 is 11.9 Å². The fourth-order valence-electron chi connectivity index (χ4n) is 4.62. The molecule has 0 aliphatic heterocycles. The van der Waals surface area contributed by atoms with Crippen molar-refractivity contribution in [2.45, 2.75) is 58.5 Å². The second-order valence-corrected chi connectivity index (χ2v) is 11.2. The van der Waals surface area contributed by atoms with Gasteiger partial charge in [0.15, 0.2) is 0 Å². The molecule has 0 radical (unpaired) electrons. The van der Waals surface area contributed by atoms with Gasteiger partial charge in [-0.05, 0) is 76.3 Å². The lowest BCUT2D eigenvalue weighted by atomic mass is 10.1. The second-order valence-electron chi connectivity index (χ2n) is 11.2. The van der Waals surface area contributed by atoms with E-state index in [-0.39, 0.29) is 0 Å². The van der Waals surface area contributed by atoms with Crippen LogP contribution in [-0.4, -0.2) is 59.4 Å². The summed E-state index contributed by atoms with van der Waals surface area (Å²) in [5.74, 6) is -1.70. The summed E-state index contributed by atoms with van der Waals surface area (Å²) in [5.41, 5.74) is 22.6. The Balaban J connectivity index is 0.000000350. The third-order valence-corrected chi connectivity index (χ3v) is 7.60. The molecular weight excluding hydrogens is 566 g/mol. The van der Waals surface area contributed by atoms with E-state index < -0.39 is 29.9 Å². The molecule has 0 unspecified atom stereocenters. The molecule has 0 bridgehead atoms. The van der Waals surface area contributed by atoms with E-state index in [0.29, 0.717) is 38.0 Å². The van der Waals surface area contributed by atoms with E-state index in [2.05, 4.69) is 72.3 Å². The Morgan fingerprint density at radius 1 is 0.844 bits per heavy atom. The third-order valence-electron chi connectivity index (χ3n) is 7.60. The maximum absolute atomic E-state index is 12.7. The number of rotatable bonds is 13. The predicted molar refractivity (Wildman–Crippen MR) is 178 cm³/mol. The standard InChI is InChI=1S/C26H37N3O3.C10H8N2O/c1-19-6-10-22(11-7-19)14-17-29(18-15-23-12-8-20(2)9-13-23)21(3)25(30)32-26(31)24(28)5-4-16-27;11-10(13)8-5-7-3-1-2-4-9(7)12-6-8/h6-13,21,24H,4-5,14-18,27-28H2,1-3H3;1-6H,(H2,11,13)/t21-,24+;/m0./s1. The van der Waals surface area contributed by atoms with Gasteiger partial charge in [-0.3, -0.25) is 14.7 Å². The first-order chi connectivity index (χ1) is 21.6. The summed E-state index contributed by atoms with van der Waals surface area (Å²) in [6, 6.07) is 24.7. The summed E-state index contributed by atoms with van der Waals surface area (Å²) in [5, 5.41) is 0.929. The van der Waals surface area contributed by atoms with E-state index in [0.717, 1.165) is 23.7 Å². The zero-order valence-electron chi connectivity index (χ0n) is 26.4. The summed E-state index contributed by atoms with van der Waals surface area (Å²) < 4.78 is 5.10. The van der Waals surface area contributed by atoms with Gasteiger partial charge in [0.2, 0.25) is 5.91 Å². The quantitative estimate of drug-likeness (QED) is 0.150. The molecule has 9 heteroatoms. The lowest BCUT2D eigenvalue weighted by Gasteiger charge is -2.28. The van der Waals surface area contributed by atoms with E-state index in [1.54, 1.807) is 13.0 Å². The van der Waals surface area contributed by atoms with Crippen LogP contribution in [0.25, 0.3) is 10.9 Å². The van der Waals surface area contributed by atoms with Crippen molar-refractivity contribution in [2.75, 3.05) is 19.6 Å². The van der Waals surface area contributed by atoms with Crippen molar-refractivity contribution in [3.8, 4) is 0 Å². The second kappa shape index (κ2) is 17.8. The molecule has 3 aromatic carbocycles. The number of aromatic nitrogens is 1. The zero-order valence-corrected chi connectivity index (χ0v) is 26.4. The molecule has 2 atom stereocenters. The first-order valence-electron chi connectivity index (χ1n) is 15.3. The van der Waals surface area contributed by atoms with Crippen molar-refractivity contribution in [2.24, 2.45) is 17.2 Å². The molecule has 6 N–H and O–H groups in total. The Morgan fingerprint density at radius 3 is 1.93 bits per heavy atom. The fraction of sp³-hybridized carbons (Fsp3) is 0.333. The number of esters is 2. The number of hydrogen-bond acceptors (Lipinski definition) is 8.